The summed E-state index contributed by atoms with van der Waals surface area (Å²) in [4.78, 5) is 0. The highest BCUT2D eigenvalue weighted by molar-refractivity contribution is 7.07. The Labute approximate surface area is 103 Å². The van der Waals surface area contributed by atoms with Crippen LogP contribution in [0.1, 0.15) is 44.6 Å². The minimum atomic E-state index is -0.0620. The van der Waals surface area contributed by atoms with E-state index in [0.717, 1.165) is 18.8 Å². The number of thiophene rings is 1. The second-order valence-electron chi connectivity index (χ2n) is 5.13. The lowest BCUT2D eigenvalue weighted by molar-refractivity contribution is 0.0463. The molecule has 0 saturated heterocycles. The van der Waals surface area contributed by atoms with Gasteiger partial charge in [0.2, 0.25) is 0 Å². The molecule has 1 aromatic heterocycles. The molecule has 16 heavy (non-hydrogen) atoms. The Morgan fingerprint density at radius 1 is 1.44 bits per heavy atom. The van der Waals surface area contributed by atoms with Gasteiger partial charge in [-0.05, 0) is 59.9 Å². The average Bonchev–Trinajstić information content (AvgIpc) is 2.76. The van der Waals surface area contributed by atoms with E-state index in [-0.39, 0.29) is 6.10 Å². The monoisotopic (exact) mass is 238 g/mol. The molecule has 1 saturated carbocycles. The molecule has 90 valence electrons. The molecule has 2 heteroatoms. The lowest BCUT2D eigenvalue weighted by atomic mass is 9.75. The van der Waals surface area contributed by atoms with Gasteiger partial charge in [-0.1, -0.05) is 19.8 Å². The van der Waals surface area contributed by atoms with Gasteiger partial charge in [0.25, 0.3) is 0 Å². The van der Waals surface area contributed by atoms with E-state index in [9.17, 15) is 5.11 Å². The Morgan fingerprint density at radius 3 is 3.00 bits per heavy atom. The average molecular weight is 238 g/mol. The summed E-state index contributed by atoms with van der Waals surface area (Å²) in [6.45, 7) is 2.26. The van der Waals surface area contributed by atoms with Crippen LogP contribution in [0.25, 0.3) is 0 Å². The Hall–Kier alpha value is -0.340. The molecule has 1 nitrogen and oxygen atoms in total. The zero-order valence-corrected chi connectivity index (χ0v) is 10.9. The van der Waals surface area contributed by atoms with E-state index in [1.807, 2.05) is 0 Å². The van der Waals surface area contributed by atoms with Crippen LogP contribution in [0.4, 0.5) is 0 Å². The van der Waals surface area contributed by atoms with Crippen LogP contribution >= 0.6 is 11.3 Å². The smallest absolute Gasteiger partial charge is 0.0571 e. The lowest BCUT2D eigenvalue weighted by Crippen LogP contribution is -2.30. The van der Waals surface area contributed by atoms with Crippen molar-refractivity contribution >= 4 is 11.3 Å². The summed E-state index contributed by atoms with van der Waals surface area (Å²) in [5.41, 5.74) is 1.41. The van der Waals surface area contributed by atoms with Crippen LogP contribution in [-0.2, 0) is 6.42 Å². The van der Waals surface area contributed by atoms with Gasteiger partial charge in [0, 0.05) is 0 Å². The number of aliphatic hydroxyl groups is 1. The van der Waals surface area contributed by atoms with Gasteiger partial charge < -0.3 is 5.11 Å². The maximum atomic E-state index is 10.1. The summed E-state index contributed by atoms with van der Waals surface area (Å²) in [6.07, 6.45) is 7.11. The summed E-state index contributed by atoms with van der Waals surface area (Å²) in [5.74, 6) is 1.36. The van der Waals surface area contributed by atoms with Crippen LogP contribution in [-0.4, -0.2) is 11.2 Å². The predicted molar refractivity (Wildman–Crippen MR) is 69.8 cm³/mol. The first-order valence-electron chi connectivity index (χ1n) is 6.48. The standard InChI is InChI=1S/C14H22OS/c1-2-3-11-4-5-14(15)13(8-11)9-12-6-7-16-10-12/h6-7,10-11,13-15H,2-5,8-9H2,1H3. The van der Waals surface area contributed by atoms with Crippen molar-refractivity contribution in [2.45, 2.75) is 51.6 Å². The van der Waals surface area contributed by atoms with Gasteiger partial charge in [-0.25, -0.2) is 0 Å². The summed E-state index contributed by atoms with van der Waals surface area (Å²) in [7, 11) is 0. The zero-order valence-electron chi connectivity index (χ0n) is 10.1. The van der Waals surface area contributed by atoms with Crippen LogP contribution in [0.3, 0.4) is 0 Å². The highest BCUT2D eigenvalue weighted by Gasteiger charge is 2.28. The maximum Gasteiger partial charge on any atom is 0.0571 e. The molecule has 0 aliphatic heterocycles. The van der Waals surface area contributed by atoms with Crippen molar-refractivity contribution in [2.75, 3.05) is 0 Å². The van der Waals surface area contributed by atoms with Gasteiger partial charge in [0.1, 0.15) is 0 Å². The molecule has 1 aromatic rings. The highest BCUT2D eigenvalue weighted by Crippen LogP contribution is 2.34. The number of hydrogen-bond acceptors (Lipinski definition) is 2. The Morgan fingerprint density at radius 2 is 2.31 bits per heavy atom. The van der Waals surface area contributed by atoms with Gasteiger partial charge in [-0.3, -0.25) is 0 Å². The molecule has 1 fully saturated rings. The minimum absolute atomic E-state index is 0.0620. The second kappa shape index (κ2) is 5.83. The van der Waals surface area contributed by atoms with Crippen LogP contribution in [0.5, 0.6) is 0 Å². The molecule has 2 rings (SSSR count). The first-order valence-corrected chi connectivity index (χ1v) is 7.43. The van der Waals surface area contributed by atoms with E-state index < -0.39 is 0 Å². The van der Waals surface area contributed by atoms with Crippen molar-refractivity contribution in [3.63, 3.8) is 0 Å². The third-order valence-corrected chi connectivity index (χ3v) is 4.56. The zero-order chi connectivity index (χ0) is 11.4. The molecule has 1 heterocycles. The SMILES string of the molecule is CCCC1CCC(O)C(Cc2ccsc2)C1. The molecule has 0 radical (unpaired) electrons. The molecule has 3 unspecified atom stereocenters. The van der Waals surface area contributed by atoms with E-state index in [4.69, 9.17) is 0 Å². The molecular weight excluding hydrogens is 216 g/mol. The maximum absolute atomic E-state index is 10.1. The molecule has 0 spiro atoms. The van der Waals surface area contributed by atoms with Crippen molar-refractivity contribution in [3.8, 4) is 0 Å². The fraction of sp³-hybridized carbons (Fsp3) is 0.714. The van der Waals surface area contributed by atoms with Crippen LogP contribution < -0.4 is 0 Å². The first-order chi connectivity index (χ1) is 7.79. The van der Waals surface area contributed by atoms with E-state index in [2.05, 4.69) is 23.8 Å². The highest BCUT2D eigenvalue weighted by atomic mass is 32.1. The largest absolute Gasteiger partial charge is 0.393 e. The Kier molecular flexibility index (Phi) is 4.42. The third kappa shape index (κ3) is 3.08. The Bertz CT molecular complexity index is 294. The number of rotatable bonds is 4. The number of hydrogen-bond donors (Lipinski definition) is 1. The van der Waals surface area contributed by atoms with Crippen molar-refractivity contribution < 1.29 is 5.11 Å². The quantitative estimate of drug-likeness (QED) is 0.844. The minimum Gasteiger partial charge on any atom is -0.393 e. The molecule has 0 aromatic carbocycles. The van der Waals surface area contributed by atoms with Crippen LogP contribution in [0.2, 0.25) is 0 Å². The molecule has 1 aliphatic carbocycles. The van der Waals surface area contributed by atoms with Crippen molar-refractivity contribution in [1.82, 2.24) is 0 Å². The summed E-state index contributed by atoms with van der Waals surface area (Å²) in [6, 6.07) is 2.20. The molecular formula is C14H22OS. The topological polar surface area (TPSA) is 20.2 Å². The van der Waals surface area contributed by atoms with Gasteiger partial charge in [-0.2, -0.15) is 11.3 Å². The summed E-state index contributed by atoms with van der Waals surface area (Å²) in [5, 5.41) is 14.4. The summed E-state index contributed by atoms with van der Waals surface area (Å²) < 4.78 is 0. The molecule has 1 N–H and O–H groups in total. The van der Waals surface area contributed by atoms with Crippen LogP contribution in [0, 0.1) is 11.8 Å². The Balaban J connectivity index is 1.91. The third-order valence-electron chi connectivity index (χ3n) is 3.83. The molecule has 0 bridgehead atoms. The first kappa shape index (κ1) is 12.1. The molecule has 0 amide bonds. The van der Waals surface area contributed by atoms with Crippen molar-refractivity contribution in [3.05, 3.63) is 22.4 Å². The van der Waals surface area contributed by atoms with E-state index in [1.54, 1.807) is 11.3 Å². The molecule has 1 aliphatic rings. The fourth-order valence-electron chi connectivity index (χ4n) is 2.95. The van der Waals surface area contributed by atoms with E-state index >= 15 is 0 Å². The predicted octanol–water partition coefficient (Wildman–Crippen LogP) is 3.87. The number of aliphatic hydroxyl groups excluding tert-OH is 1. The second-order valence-corrected chi connectivity index (χ2v) is 5.91. The van der Waals surface area contributed by atoms with Gasteiger partial charge in [0.15, 0.2) is 0 Å². The summed E-state index contributed by atoms with van der Waals surface area (Å²) >= 11 is 1.76. The van der Waals surface area contributed by atoms with Gasteiger partial charge >= 0.3 is 0 Å². The fourth-order valence-corrected chi connectivity index (χ4v) is 3.63. The van der Waals surface area contributed by atoms with E-state index in [0.29, 0.717) is 5.92 Å². The van der Waals surface area contributed by atoms with Gasteiger partial charge in [0.05, 0.1) is 6.10 Å². The van der Waals surface area contributed by atoms with Crippen molar-refractivity contribution in [2.24, 2.45) is 11.8 Å². The van der Waals surface area contributed by atoms with Gasteiger partial charge in [-0.15, -0.1) is 0 Å². The van der Waals surface area contributed by atoms with E-state index in [1.165, 1.54) is 31.2 Å². The lowest BCUT2D eigenvalue weighted by Gasteiger charge is -2.33. The normalized spacial score (nSPS) is 30.5. The molecule has 3 atom stereocenters. The van der Waals surface area contributed by atoms with Crippen LogP contribution in [0.15, 0.2) is 16.8 Å². The van der Waals surface area contributed by atoms with Crippen molar-refractivity contribution in [1.29, 1.82) is 0 Å².